The van der Waals surface area contributed by atoms with Crippen molar-refractivity contribution in [3.8, 4) is 22.9 Å². The molecule has 0 radical (unpaired) electrons. The molecule has 2 amide bonds. The highest BCUT2D eigenvalue weighted by Crippen LogP contribution is 2.28. The largest absolute Gasteiger partial charge is 0.497 e. The Kier molecular flexibility index (Phi) is 6.43. The SMILES string of the molecule is COc1ccc(C(=O)Nc2nc(-c3csc(NC(=O)c4ccc(OC)cc4)n3)cs2)cc1. The lowest BCUT2D eigenvalue weighted by molar-refractivity contribution is 0.101. The summed E-state index contributed by atoms with van der Waals surface area (Å²) < 4.78 is 10.2. The summed E-state index contributed by atoms with van der Waals surface area (Å²) in [5.41, 5.74) is 2.22. The summed E-state index contributed by atoms with van der Waals surface area (Å²) in [6, 6.07) is 13.6. The summed E-state index contributed by atoms with van der Waals surface area (Å²) in [4.78, 5) is 33.7. The Labute approximate surface area is 191 Å². The van der Waals surface area contributed by atoms with Gasteiger partial charge in [-0.05, 0) is 48.5 Å². The lowest BCUT2D eigenvalue weighted by atomic mass is 10.2. The Bertz CT molecular complexity index is 1140. The molecule has 32 heavy (non-hydrogen) atoms. The van der Waals surface area contributed by atoms with Crippen LogP contribution in [0.4, 0.5) is 10.3 Å². The molecule has 10 heteroatoms. The number of methoxy groups -OCH3 is 2. The van der Waals surface area contributed by atoms with Crippen LogP contribution in [-0.4, -0.2) is 36.0 Å². The quantitative estimate of drug-likeness (QED) is 0.406. The number of nitrogens with one attached hydrogen (secondary N) is 2. The molecule has 0 atom stereocenters. The summed E-state index contributed by atoms with van der Waals surface area (Å²) in [7, 11) is 3.14. The number of carbonyl (C=O) groups is 2. The topological polar surface area (TPSA) is 102 Å². The van der Waals surface area contributed by atoms with Crippen molar-refractivity contribution >= 4 is 44.8 Å². The molecule has 0 fully saturated rings. The highest BCUT2D eigenvalue weighted by molar-refractivity contribution is 7.15. The van der Waals surface area contributed by atoms with E-state index in [1.165, 1.54) is 22.7 Å². The van der Waals surface area contributed by atoms with Crippen LogP contribution in [0.3, 0.4) is 0 Å². The number of carbonyl (C=O) groups excluding carboxylic acids is 2. The fraction of sp³-hybridized carbons (Fsp3) is 0.0909. The zero-order valence-electron chi connectivity index (χ0n) is 17.1. The number of benzene rings is 2. The molecule has 2 heterocycles. The predicted octanol–water partition coefficient (Wildman–Crippen LogP) is 4.79. The van der Waals surface area contributed by atoms with E-state index in [0.29, 0.717) is 44.3 Å². The lowest BCUT2D eigenvalue weighted by Gasteiger charge is -2.03. The van der Waals surface area contributed by atoms with Crippen molar-refractivity contribution in [2.75, 3.05) is 24.9 Å². The maximum Gasteiger partial charge on any atom is 0.257 e. The van der Waals surface area contributed by atoms with E-state index >= 15 is 0 Å². The van der Waals surface area contributed by atoms with Gasteiger partial charge in [0.1, 0.15) is 22.9 Å². The van der Waals surface area contributed by atoms with Gasteiger partial charge >= 0.3 is 0 Å². The summed E-state index contributed by atoms with van der Waals surface area (Å²) in [5, 5.41) is 10.1. The normalized spacial score (nSPS) is 10.4. The molecule has 0 bridgehead atoms. The van der Waals surface area contributed by atoms with Gasteiger partial charge in [0.15, 0.2) is 10.3 Å². The molecule has 0 aliphatic carbocycles. The van der Waals surface area contributed by atoms with Crippen molar-refractivity contribution < 1.29 is 19.1 Å². The van der Waals surface area contributed by atoms with Gasteiger partial charge in [0, 0.05) is 21.9 Å². The Balaban J connectivity index is 1.40. The van der Waals surface area contributed by atoms with Gasteiger partial charge in [-0.25, -0.2) is 9.97 Å². The smallest absolute Gasteiger partial charge is 0.257 e. The van der Waals surface area contributed by atoms with Crippen molar-refractivity contribution in [2.45, 2.75) is 0 Å². The van der Waals surface area contributed by atoms with E-state index in [0.717, 1.165) is 0 Å². The number of hydrogen-bond donors (Lipinski definition) is 2. The van der Waals surface area contributed by atoms with Crippen LogP contribution >= 0.6 is 22.7 Å². The molecular formula is C22H18N4O4S2. The first-order valence-corrected chi connectivity index (χ1v) is 11.1. The van der Waals surface area contributed by atoms with Crippen LogP contribution in [0.2, 0.25) is 0 Å². The monoisotopic (exact) mass is 466 g/mol. The first-order chi connectivity index (χ1) is 15.6. The summed E-state index contributed by atoms with van der Waals surface area (Å²) >= 11 is 2.59. The van der Waals surface area contributed by atoms with Crippen LogP contribution in [0.15, 0.2) is 59.3 Å². The second-order valence-corrected chi connectivity index (χ2v) is 8.16. The average Bonchev–Trinajstić information content (AvgIpc) is 3.48. The van der Waals surface area contributed by atoms with Gasteiger partial charge in [-0.3, -0.25) is 20.2 Å². The average molecular weight is 467 g/mol. The fourth-order valence-electron chi connectivity index (χ4n) is 2.72. The predicted molar refractivity (Wildman–Crippen MR) is 125 cm³/mol. The Hall–Kier alpha value is -3.76. The molecule has 4 rings (SSSR count). The van der Waals surface area contributed by atoms with E-state index in [2.05, 4.69) is 20.6 Å². The number of nitrogens with zero attached hydrogens (tertiary/aromatic N) is 2. The molecule has 4 aromatic rings. The third kappa shape index (κ3) is 4.93. The Morgan fingerprint density at radius 2 is 1.06 bits per heavy atom. The highest BCUT2D eigenvalue weighted by Gasteiger charge is 2.14. The second kappa shape index (κ2) is 9.58. The summed E-state index contributed by atoms with van der Waals surface area (Å²) in [6.45, 7) is 0. The van der Waals surface area contributed by atoms with Gasteiger partial charge in [0.25, 0.3) is 11.8 Å². The third-order valence-corrected chi connectivity index (χ3v) is 5.93. The van der Waals surface area contributed by atoms with Crippen LogP contribution < -0.4 is 20.1 Å². The van der Waals surface area contributed by atoms with E-state index in [4.69, 9.17) is 9.47 Å². The van der Waals surface area contributed by atoms with Crippen LogP contribution in [-0.2, 0) is 0 Å². The maximum absolute atomic E-state index is 12.4. The minimum atomic E-state index is -0.265. The van der Waals surface area contributed by atoms with E-state index in [1.54, 1.807) is 73.5 Å². The molecule has 0 saturated heterocycles. The molecule has 0 saturated carbocycles. The number of aromatic nitrogens is 2. The van der Waals surface area contributed by atoms with Crippen molar-refractivity contribution in [1.29, 1.82) is 0 Å². The zero-order chi connectivity index (χ0) is 22.5. The van der Waals surface area contributed by atoms with E-state index in [9.17, 15) is 9.59 Å². The molecule has 0 spiro atoms. The first-order valence-electron chi connectivity index (χ1n) is 9.38. The van der Waals surface area contributed by atoms with Gasteiger partial charge < -0.3 is 9.47 Å². The minimum Gasteiger partial charge on any atom is -0.497 e. The van der Waals surface area contributed by atoms with Gasteiger partial charge in [-0.1, -0.05) is 0 Å². The van der Waals surface area contributed by atoms with Crippen molar-refractivity contribution in [1.82, 2.24) is 9.97 Å². The summed E-state index contributed by atoms with van der Waals surface area (Å²) in [5.74, 6) is 0.826. The lowest BCUT2D eigenvalue weighted by Crippen LogP contribution is -2.11. The maximum atomic E-state index is 12.4. The molecule has 2 aromatic carbocycles. The fourth-order valence-corrected chi connectivity index (χ4v) is 4.12. The highest BCUT2D eigenvalue weighted by atomic mass is 32.1. The van der Waals surface area contributed by atoms with Crippen LogP contribution in [0.25, 0.3) is 11.4 Å². The molecule has 8 nitrogen and oxygen atoms in total. The second-order valence-electron chi connectivity index (χ2n) is 6.44. The summed E-state index contributed by atoms with van der Waals surface area (Å²) in [6.07, 6.45) is 0. The molecule has 2 aromatic heterocycles. The number of amides is 2. The number of ether oxygens (including phenoxy) is 2. The molecular weight excluding hydrogens is 448 g/mol. The molecule has 2 N–H and O–H groups in total. The van der Waals surface area contributed by atoms with E-state index < -0.39 is 0 Å². The number of thiazole rings is 2. The van der Waals surface area contributed by atoms with E-state index in [1.807, 2.05) is 0 Å². The standard InChI is InChI=1S/C22H18N4O4S2/c1-29-15-7-3-13(4-8-15)19(27)25-21-23-17(11-31-21)18-12-32-22(24-18)26-20(28)14-5-9-16(30-2)10-6-14/h3-12H,1-2H3,(H,23,25,27)(H,24,26,28). The Morgan fingerprint density at radius 3 is 1.41 bits per heavy atom. The van der Waals surface area contributed by atoms with Crippen molar-refractivity contribution in [3.05, 3.63) is 70.4 Å². The van der Waals surface area contributed by atoms with Gasteiger partial charge in [-0.2, -0.15) is 0 Å². The van der Waals surface area contributed by atoms with Crippen molar-refractivity contribution in [3.63, 3.8) is 0 Å². The number of rotatable bonds is 7. The van der Waals surface area contributed by atoms with Gasteiger partial charge in [0.05, 0.1) is 14.2 Å². The van der Waals surface area contributed by atoms with Crippen LogP contribution in [0, 0.1) is 0 Å². The van der Waals surface area contributed by atoms with Gasteiger partial charge in [0.2, 0.25) is 0 Å². The van der Waals surface area contributed by atoms with Gasteiger partial charge in [-0.15, -0.1) is 22.7 Å². The molecule has 0 aliphatic heterocycles. The van der Waals surface area contributed by atoms with E-state index in [-0.39, 0.29) is 11.8 Å². The first kappa shape index (κ1) is 21.5. The van der Waals surface area contributed by atoms with Crippen LogP contribution in [0.1, 0.15) is 20.7 Å². The van der Waals surface area contributed by atoms with Crippen LogP contribution in [0.5, 0.6) is 11.5 Å². The zero-order valence-corrected chi connectivity index (χ0v) is 18.8. The molecule has 162 valence electrons. The minimum absolute atomic E-state index is 0.265. The molecule has 0 unspecified atom stereocenters. The Morgan fingerprint density at radius 1 is 0.688 bits per heavy atom. The number of anilines is 2. The number of hydrogen-bond acceptors (Lipinski definition) is 8. The third-order valence-electron chi connectivity index (χ3n) is 4.42. The molecule has 0 aliphatic rings. The van der Waals surface area contributed by atoms with Crippen molar-refractivity contribution in [2.24, 2.45) is 0 Å².